The maximum atomic E-state index is 11.8. The Hall–Kier alpha value is -1.88. The van der Waals surface area contributed by atoms with Gasteiger partial charge in [-0.2, -0.15) is 0 Å². The average molecular weight is 254 g/mol. The van der Waals surface area contributed by atoms with Crippen LogP contribution in [-0.4, -0.2) is 31.6 Å². The van der Waals surface area contributed by atoms with E-state index < -0.39 is 6.04 Å². The lowest BCUT2D eigenvalue weighted by Gasteiger charge is -2.16. The highest BCUT2D eigenvalue weighted by atomic mass is 16.5. The molecule has 5 nitrogen and oxygen atoms in total. The summed E-state index contributed by atoms with van der Waals surface area (Å²) in [5.41, 5.74) is 1.00. The molecule has 0 saturated carbocycles. The highest BCUT2D eigenvalue weighted by Gasteiger charge is 2.18. The number of benzene rings is 1. The molecule has 5 heteroatoms. The topological polar surface area (TPSA) is 67.4 Å². The van der Waals surface area contributed by atoms with Gasteiger partial charge in [-0.1, -0.05) is 30.3 Å². The molecular weight excluding hydrogens is 232 g/mol. The molecule has 1 aromatic rings. The van der Waals surface area contributed by atoms with E-state index in [1.807, 2.05) is 30.3 Å². The van der Waals surface area contributed by atoms with Crippen LogP contribution in [0.2, 0.25) is 0 Å². The molecule has 0 bridgehead atoms. The fraction of sp³-hybridized carbons (Fsp3) is 0.385. The van der Waals surface area contributed by atoms with Gasteiger partial charge >= 0.3 is 0 Å². The minimum Gasteiger partial charge on any atom is -0.382 e. The first-order valence-corrected chi connectivity index (χ1v) is 5.71. The normalized spacial score (nSPS) is 11.7. The lowest BCUT2D eigenvalue weighted by atomic mass is 10.2. The van der Waals surface area contributed by atoms with Crippen LogP contribution in [0, 0.1) is 0 Å². The molecule has 102 valence electrons. The zero-order chi connectivity index (χ0) is 13.4. The number of nitrogens with one attached hydrogen (secondary N) is 2. The molecule has 0 saturated heterocycles. The molecule has 0 spiro atoms. The highest BCUT2D eigenvalue weighted by molar-refractivity contribution is 5.86. The first kappa shape index (κ1) is 14.2. The standard InChI is InChI=1S/C13H18N2O3.2H2/c1-10(16)15-12(9-18-2)13(17)14-8-11-6-4-3-5-7-11;;/h3-7,12H,8-9H2,1-2H3,(H,14,17)(H,15,16);2*1H. The fourth-order valence-corrected chi connectivity index (χ4v) is 1.50. The maximum absolute atomic E-state index is 11.8. The fourth-order valence-electron chi connectivity index (χ4n) is 1.50. The molecule has 0 heterocycles. The Kier molecular flexibility index (Phi) is 5.87. The zero-order valence-corrected chi connectivity index (χ0v) is 10.6. The summed E-state index contributed by atoms with van der Waals surface area (Å²) in [5.74, 6) is -0.511. The van der Waals surface area contributed by atoms with Gasteiger partial charge in [-0.05, 0) is 5.56 Å². The Labute approximate surface area is 109 Å². The van der Waals surface area contributed by atoms with Crippen LogP contribution in [0.5, 0.6) is 0 Å². The van der Waals surface area contributed by atoms with Gasteiger partial charge in [0.1, 0.15) is 6.04 Å². The largest absolute Gasteiger partial charge is 0.382 e. The van der Waals surface area contributed by atoms with Gasteiger partial charge in [0.25, 0.3) is 0 Å². The first-order valence-electron chi connectivity index (χ1n) is 5.71. The molecule has 0 aliphatic carbocycles. The van der Waals surface area contributed by atoms with E-state index in [9.17, 15) is 9.59 Å². The van der Waals surface area contributed by atoms with E-state index in [2.05, 4.69) is 10.6 Å². The van der Waals surface area contributed by atoms with Crippen molar-refractivity contribution in [2.75, 3.05) is 13.7 Å². The number of methoxy groups -OCH3 is 1. The van der Waals surface area contributed by atoms with Crippen molar-refractivity contribution < 1.29 is 17.2 Å². The highest BCUT2D eigenvalue weighted by Crippen LogP contribution is 1.97. The van der Waals surface area contributed by atoms with E-state index in [0.717, 1.165) is 5.56 Å². The van der Waals surface area contributed by atoms with E-state index in [-0.39, 0.29) is 21.3 Å². The smallest absolute Gasteiger partial charge is 0.245 e. The number of ether oxygens (including phenoxy) is 1. The van der Waals surface area contributed by atoms with Crippen LogP contribution in [0.4, 0.5) is 0 Å². The predicted octanol–water partition coefficient (Wildman–Crippen LogP) is 0.946. The molecule has 1 aromatic carbocycles. The lowest BCUT2D eigenvalue weighted by Crippen LogP contribution is -2.48. The van der Waals surface area contributed by atoms with Crippen LogP contribution in [0.3, 0.4) is 0 Å². The van der Waals surface area contributed by atoms with E-state index in [1.54, 1.807) is 0 Å². The third-order valence-corrected chi connectivity index (χ3v) is 2.34. The molecule has 0 aliphatic rings. The Morgan fingerprint density at radius 1 is 1.33 bits per heavy atom. The molecule has 1 atom stereocenters. The zero-order valence-electron chi connectivity index (χ0n) is 10.6. The van der Waals surface area contributed by atoms with Crippen molar-refractivity contribution >= 4 is 11.8 Å². The molecule has 1 unspecified atom stereocenters. The van der Waals surface area contributed by atoms with Gasteiger partial charge in [-0.25, -0.2) is 0 Å². The van der Waals surface area contributed by atoms with Crippen molar-refractivity contribution in [2.45, 2.75) is 19.5 Å². The van der Waals surface area contributed by atoms with Gasteiger partial charge in [-0.3, -0.25) is 9.59 Å². The minimum absolute atomic E-state index is 0. The number of hydrogen-bond acceptors (Lipinski definition) is 3. The maximum Gasteiger partial charge on any atom is 0.245 e. The summed E-state index contributed by atoms with van der Waals surface area (Å²) in [6, 6.07) is 8.91. The van der Waals surface area contributed by atoms with Crippen molar-refractivity contribution in [1.29, 1.82) is 0 Å². The van der Waals surface area contributed by atoms with Crippen LogP contribution in [0.25, 0.3) is 0 Å². The summed E-state index contributed by atoms with van der Waals surface area (Å²) in [6.45, 7) is 1.95. The minimum atomic E-state index is -0.656. The Balaban J connectivity index is 0. The number of carbonyl (C=O) groups excluding carboxylic acids is 2. The van der Waals surface area contributed by atoms with Crippen LogP contribution in [-0.2, 0) is 20.9 Å². The van der Waals surface area contributed by atoms with Crippen LogP contribution in [0.1, 0.15) is 15.3 Å². The molecule has 2 amide bonds. The third kappa shape index (κ3) is 4.97. The van der Waals surface area contributed by atoms with Gasteiger partial charge in [-0.15, -0.1) is 0 Å². The summed E-state index contributed by atoms with van der Waals surface area (Å²) in [7, 11) is 1.49. The van der Waals surface area contributed by atoms with Gasteiger partial charge in [0.15, 0.2) is 0 Å². The van der Waals surface area contributed by atoms with Crippen molar-refractivity contribution in [2.24, 2.45) is 0 Å². The predicted molar refractivity (Wildman–Crippen MR) is 72.0 cm³/mol. The van der Waals surface area contributed by atoms with E-state index in [1.165, 1.54) is 14.0 Å². The van der Waals surface area contributed by atoms with Crippen molar-refractivity contribution in [3.63, 3.8) is 0 Å². The average Bonchev–Trinajstić information content (AvgIpc) is 2.36. The molecule has 0 radical (unpaired) electrons. The summed E-state index contributed by atoms with van der Waals surface area (Å²) in [4.78, 5) is 22.8. The Morgan fingerprint density at radius 2 is 2.00 bits per heavy atom. The Bertz CT molecular complexity index is 402. The Morgan fingerprint density at radius 3 is 2.56 bits per heavy atom. The second kappa shape index (κ2) is 7.45. The van der Waals surface area contributed by atoms with E-state index >= 15 is 0 Å². The molecule has 18 heavy (non-hydrogen) atoms. The van der Waals surface area contributed by atoms with Gasteiger partial charge in [0.2, 0.25) is 11.8 Å². The monoisotopic (exact) mass is 254 g/mol. The van der Waals surface area contributed by atoms with Gasteiger partial charge in [0, 0.05) is 23.4 Å². The van der Waals surface area contributed by atoms with Gasteiger partial charge < -0.3 is 15.4 Å². The summed E-state index contributed by atoms with van der Waals surface area (Å²) < 4.78 is 4.90. The quantitative estimate of drug-likeness (QED) is 0.794. The molecule has 0 fully saturated rings. The summed E-state index contributed by atoms with van der Waals surface area (Å²) >= 11 is 0. The molecule has 0 aliphatic heterocycles. The van der Waals surface area contributed by atoms with E-state index in [4.69, 9.17) is 4.74 Å². The molecular formula is C13H22N2O3. The number of amides is 2. The van der Waals surface area contributed by atoms with E-state index in [0.29, 0.717) is 6.54 Å². The van der Waals surface area contributed by atoms with Crippen LogP contribution >= 0.6 is 0 Å². The first-order chi connectivity index (χ1) is 8.63. The van der Waals surface area contributed by atoms with Crippen molar-refractivity contribution in [3.8, 4) is 0 Å². The second-order valence-corrected chi connectivity index (χ2v) is 3.91. The lowest BCUT2D eigenvalue weighted by molar-refractivity contribution is -0.129. The molecule has 0 aromatic heterocycles. The van der Waals surface area contributed by atoms with Crippen molar-refractivity contribution in [3.05, 3.63) is 35.9 Å². The van der Waals surface area contributed by atoms with Gasteiger partial charge in [0.05, 0.1) is 6.61 Å². The molecule has 1 rings (SSSR count). The number of carbonyl (C=O) groups is 2. The van der Waals surface area contributed by atoms with Crippen LogP contribution in [0.15, 0.2) is 30.3 Å². The number of hydrogen-bond donors (Lipinski definition) is 2. The van der Waals surface area contributed by atoms with Crippen LogP contribution < -0.4 is 10.6 Å². The SMILES string of the molecule is COCC(NC(C)=O)C(=O)NCc1ccccc1.[HH].[HH]. The number of rotatable bonds is 6. The third-order valence-electron chi connectivity index (χ3n) is 2.34. The second-order valence-electron chi connectivity index (χ2n) is 3.91. The summed E-state index contributed by atoms with van der Waals surface area (Å²) in [5, 5.41) is 5.30. The van der Waals surface area contributed by atoms with Crippen molar-refractivity contribution in [1.82, 2.24) is 10.6 Å². The summed E-state index contributed by atoms with van der Waals surface area (Å²) in [6.07, 6.45) is 0. The molecule has 2 N–H and O–H groups in total.